The number of nitrogens with one attached hydrogen (secondary N) is 1. The van der Waals surface area contributed by atoms with E-state index >= 15 is 0 Å². The second-order valence-electron chi connectivity index (χ2n) is 6.42. The molecule has 0 saturated heterocycles. The van der Waals surface area contributed by atoms with Gasteiger partial charge < -0.3 is 9.15 Å². The number of hydrogen-bond acceptors (Lipinski definition) is 8. The first-order chi connectivity index (χ1) is 15.5. The number of aromatic nitrogens is 2. The van der Waals surface area contributed by atoms with Gasteiger partial charge in [0.25, 0.3) is 5.91 Å². The first-order valence-corrected chi connectivity index (χ1v) is 10.4. The summed E-state index contributed by atoms with van der Waals surface area (Å²) in [5.74, 6) is -0.802. The molecule has 0 aliphatic rings. The molecule has 0 aliphatic heterocycles. The van der Waals surface area contributed by atoms with Crippen LogP contribution in [0.25, 0.3) is 21.9 Å². The molecular formula is C22H14ClN3O5S. The molecule has 0 atom stereocenters. The van der Waals surface area contributed by atoms with Gasteiger partial charge in [0.05, 0.1) is 10.6 Å². The van der Waals surface area contributed by atoms with Crippen LogP contribution in [0.2, 0.25) is 5.02 Å². The zero-order chi connectivity index (χ0) is 22.5. The summed E-state index contributed by atoms with van der Waals surface area (Å²) in [6, 6.07) is 17.1. The van der Waals surface area contributed by atoms with E-state index in [0.29, 0.717) is 22.6 Å². The monoisotopic (exact) mass is 467 g/mol. The SMILES string of the molecule is O=Cc1ccc(-c2ccc(Cl)c(C(=O)OCC(=O)Nc3nnc(-c4ccccc4)s3)c2)o1. The van der Waals surface area contributed by atoms with Gasteiger partial charge in [-0.25, -0.2) is 4.79 Å². The predicted molar refractivity (Wildman–Crippen MR) is 119 cm³/mol. The maximum Gasteiger partial charge on any atom is 0.340 e. The van der Waals surface area contributed by atoms with Crippen molar-refractivity contribution in [2.24, 2.45) is 0 Å². The Bertz CT molecular complexity index is 1290. The Labute approximate surface area is 190 Å². The first-order valence-electron chi connectivity index (χ1n) is 9.24. The van der Waals surface area contributed by atoms with Crippen LogP contribution in [0, 0.1) is 0 Å². The molecule has 0 radical (unpaired) electrons. The lowest BCUT2D eigenvalue weighted by molar-refractivity contribution is -0.119. The number of hydrogen-bond donors (Lipinski definition) is 1. The average Bonchev–Trinajstić information content (AvgIpc) is 3.48. The minimum absolute atomic E-state index is 0.0586. The summed E-state index contributed by atoms with van der Waals surface area (Å²) >= 11 is 7.31. The number of aldehydes is 1. The van der Waals surface area contributed by atoms with Crippen molar-refractivity contribution in [1.29, 1.82) is 0 Å². The summed E-state index contributed by atoms with van der Waals surface area (Å²) < 4.78 is 10.4. The number of anilines is 1. The average molecular weight is 468 g/mol. The lowest BCUT2D eigenvalue weighted by Gasteiger charge is -2.07. The predicted octanol–water partition coefficient (Wildman–Crippen LogP) is 4.73. The normalized spacial score (nSPS) is 10.5. The van der Waals surface area contributed by atoms with Crippen LogP contribution in [0.15, 0.2) is 65.1 Å². The molecule has 0 spiro atoms. The van der Waals surface area contributed by atoms with Gasteiger partial charge in [0.1, 0.15) is 10.8 Å². The zero-order valence-corrected chi connectivity index (χ0v) is 17.9. The molecular weight excluding hydrogens is 454 g/mol. The van der Waals surface area contributed by atoms with Crippen LogP contribution in [0.5, 0.6) is 0 Å². The Kier molecular flexibility index (Phi) is 6.39. The summed E-state index contributed by atoms with van der Waals surface area (Å²) in [6.45, 7) is -0.532. The van der Waals surface area contributed by atoms with Crippen LogP contribution in [-0.4, -0.2) is 35.0 Å². The van der Waals surface area contributed by atoms with Gasteiger partial charge in [0, 0.05) is 11.1 Å². The summed E-state index contributed by atoms with van der Waals surface area (Å²) in [6.07, 6.45) is 0.577. The second-order valence-corrected chi connectivity index (χ2v) is 7.80. The van der Waals surface area contributed by atoms with Gasteiger partial charge >= 0.3 is 5.97 Å². The zero-order valence-electron chi connectivity index (χ0n) is 16.3. The van der Waals surface area contributed by atoms with Crippen molar-refractivity contribution in [2.45, 2.75) is 0 Å². The van der Waals surface area contributed by atoms with E-state index in [4.69, 9.17) is 20.8 Å². The molecule has 4 rings (SSSR count). The lowest BCUT2D eigenvalue weighted by Crippen LogP contribution is -2.21. The third-order valence-corrected chi connectivity index (χ3v) is 5.46. The number of amides is 1. The molecule has 32 heavy (non-hydrogen) atoms. The number of esters is 1. The highest BCUT2D eigenvalue weighted by Gasteiger charge is 2.17. The van der Waals surface area contributed by atoms with Crippen molar-refractivity contribution in [1.82, 2.24) is 10.2 Å². The number of carbonyl (C=O) groups is 3. The smallest absolute Gasteiger partial charge is 0.340 e. The molecule has 2 aromatic heterocycles. The minimum Gasteiger partial charge on any atom is -0.453 e. The van der Waals surface area contributed by atoms with E-state index in [2.05, 4.69) is 15.5 Å². The van der Waals surface area contributed by atoms with E-state index in [0.717, 1.165) is 5.56 Å². The van der Waals surface area contributed by atoms with Crippen LogP contribution in [0.4, 0.5) is 5.13 Å². The number of ether oxygens (including phenoxy) is 1. The Morgan fingerprint density at radius 3 is 2.62 bits per heavy atom. The van der Waals surface area contributed by atoms with Crippen LogP contribution in [0.3, 0.4) is 0 Å². The van der Waals surface area contributed by atoms with Crippen LogP contribution < -0.4 is 5.32 Å². The Morgan fingerprint density at radius 2 is 1.88 bits per heavy atom. The Morgan fingerprint density at radius 1 is 1.06 bits per heavy atom. The van der Waals surface area contributed by atoms with E-state index in [1.807, 2.05) is 30.3 Å². The molecule has 4 aromatic rings. The maximum absolute atomic E-state index is 12.5. The number of nitrogens with zero attached hydrogens (tertiary/aromatic N) is 2. The summed E-state index contributed by atoms with van der Waals surface area (Å²) in [7, 11) is 0. The molecule has 2 aromatic carbocycles. The van der Waals surface area contributed by atoms with Crippen molar-refractivity contribution in [3.63, 3.8) is 0 Å². The Balaban J connectivity index is 1.38. The van der Waals surface area contributed by atoms with Crippen LogP contribution >= 0.6 is 22.9 Å². The van der Waals surface area contributed by atoms with Crippen LogP contribution in [-0.2, 0) is 9.53 Å². The summed E-state index contributed by atoms with van der Waals surface area (Å²) in [5, 5.41) is 11.6. The van der Waals surface area contributed by atoms with E-state index in [1.54, 1.807) is 12.1 Å². The van der Waals surface area contributed by atoms with Gasteiger partial charge in [-0.3, -0.25) is 14.9 Å². The van der Waals surface area contributed by atoms with E-state index in [1.165, 1.54) is 29.5 Å². The number of halogens is 1. The molecule has 2 heterocycles. The van der Waals surface area contributed by atoms with Gasteiger partial charge in [0.2, 0.25) is 5.13 Å². The molecule has 0 aliphatic carbocycles. The molecule has 160 valence electrons. The van der Waals surface area contributed by atoms with Gasteiger partial charge in [-0.15, -0.1) is 10.2 Å². The van der Waals surface area contributed by atoms with Crippen molar-refractivity contribution in [3.8, 4) is 21.9 Å². The maximum atomic E-state index is 12.5. The van der Waals surface area contributed by atoms with Gasteiger partial charge in [-0.1, -0.05) is 53.3 Å². The van der Waals surface area contributed by atoms with Crippen molar-refractivity contribution in [2.75, 3.05) is 11.9 Å². The third kappa shape index (κ3) is 4.90. The highest BCUT2D eigenvalue weighted by Crippen LogP contribution is 2.28. The number of furan rings is 1. The third-order valence-electron chi connectivity index (χ3n) is 4.24. The molecule has 1 amide bonds. The van der Waals surface area contributed by atoms with E-state index in [9.17, 15) is 14.4 Å². The fourth-order valence-electron chi connectivity index (χ4n) is 2.74. The fraction of sp³-hybridized carbons (Fsp3) is 0.0455. The molecule has 0 saturated carbocycles. The lowest BCUT2D eigenvalue weighted by atomic mass is 10.1. The standard InChI is InChI=1S/C22H14ClN3O5S/c23-17-8-6-14(18-9-7-15(11-27)31-18)10-16(17)21(29)30-12-19(28)24-22-26-25-20(32-22)13-4-2-1-3-5-13/h1-11H,12H2,(H,24,26,28). The summed E-state index contributed by atoms with van der Waals surface area (Å²) in [4.78, 5) is 35.4. The summed E-state index contributed by atoms with van der Waals surface area (Å²) in [5.41, 5.74) is 1.47. The second kappa shape index (κ2) is 9.54. The van der Waals surface area contributed by atoms with Gasteiger partial charge in [-0.2, -0.15) is 0 Å². The molecule has 0 bridgehead atoms. The topological polar surface area (TPSA) is 111 Å². The number of benzene rings is 2. The molecule has 1 N–H and O–H groups in total. The molecule has 8 nitrogen and oxygen atoms in total. The highest BCUT2D eigenvalue weighted by atomic mass is 35.5. The fourth-order valence-corrected chi connectivity index (χ4v) is 3.70. The highest BCUT2D eigenvalue weighted by molar-refractivity contribution is 7.18. The quantitative estimate of drug-likeness (QED) is 0.309. The first kappa shape index (κ1) is 21.4. The van der Waals surface area contributed by atoms with Gasteiger partial charge in [-0.05, 0) is 30.3 Å². The molecule has 0 fully saturated rings. The number of carbonyl (C=O) groups excluding carboxylic acids is 3. The minimum atomic E-state index is -0.781. The molecule has 0 unspecified atom stereocenters. The van der Waals surface area contributed by atoms with Crippen molar-refractivity contribution in [3.05, 3.63) is 77.0 Å². The molecule has 10 heteroatoms. The number of rotatable bonds is 7. The van der Waals surface area contributed by atoms with Gasteiger partial charge in [0.15, 0.2) is 18.7 Å². The van der Waals surface area contributed by atoms with Crippen molar-refractivity contribution >= 4 is 46.2 Å². The van der Waals surface area contributed by atoms with E-state index < -0.39 is 18.5 Å². The van der Waals surface area contributed by atoms with Crippen LogP contribution in [0.1, 0.15) is 20.9 Å². The Hall–Kier alpha value is -3.82. The van der Waals surface area contributed by atoms with E-state index in [-0.39, 0.29) is 21.5 Å². The largest absolute Gasteiger partial charge is 0.453 e. The van der Waals surface area contributed by atoms with Crippen molar-refractivity contribution < 1.29 is 23.5 Å².